The fraction of sp³-hybridized carbons (Fsp3) is 0.643. The molecule has 0 radical (unpaired) electrons. The van der Waals surface area contributed by atoms with Crippen LogP contribution in [0.15, 0.2) is 0 Å². The third-order valence-electron chi connectivity index (χ3n) is 4.11. The number of rotatable bonds is 4. The van der Waals surface area contributed by atoms with Gasteiger partial charge in [0.15, 0.2) is 0 Å². The Bertz CT molecular complexity index is 444. The van der Waals surface area contributed by atoms with Crippen LogP contribution in [0.4, 0.5) is 23.2 Å². The highest BCUT2D eigenvalue weighted by Crippen LogP contribution is 2.31. The molecule has 2 rings (SSSR count). The zero-order valence-electron chi connectivity index (χ0n) is 11.4. The highest BCUT2D eigenvalue weighted by Gasteiger charge is 2.23. The summed E-state index contributed by atoms with van der Waals surface area (Å²) in [6.07, 6.45) is 5.25. The van der Waals surface area contributed by atoms with E-state index in [4.69, 9.17) is 0 Å². The molecule has 1 aliphatic carbocycles. The molecule has 1 saturated carbocycles. The number of hydrogen-bond acceptors (Lipinski definition) is 2. The molecular weight excluding hydrogens is 272 g/mol. The molecule has 20 heavy (non-hydrogen) atoms. The van der Waals surface area contributed by atoms with E-state index < -0.39 is 29.2 Å². The maximum absolute atomic E-state index is 13.4. The van der Waals surface area contributed by atoms with E-state index in [9.17, 15) is 17.6 Å². The lowest BCUT2D eigenvalue weighted by molar-refractivity contribution is 0.277. The molecule has 0 unspecified atom stereocenters. The molecule has 0 amide bonds. The van der Waals surface area contributed by atoms with Crippen LogP contribution in [0.1, 0.15) is 39.0 Å². The number of pyridine rings is 1. The first kappa shape index (κ1) is 15.1. The minimum Gasteiger partial charge on any atom is -0.380 e. The molecule has 0 saturated heterocycles. The maximum Gasteiger partial charge on any atom is 0.253 e. The molecule has 0 spiro atoms. The fourth-order valence-electron chi connectivity index (χ4n) is 2.73. The summed E-state index contributed by atoms with van der Waals surface area (Å²) in [5, 5.41) is 2.50. The first-order valence-electron chi connectivity index (χ1n) is 6.96. The molecule has 2 nitrogen and oxygen atoms in total. The van der Waals surface area contributed by atoms with Crippen molar-refractivity contribution < 1.29 is 17.6 Å². The first-order chi connectivity index (χ1) is 9.52. The predicted octanol–water partition coefficient (Wildman–Crippen LogP) is 4.27. The predicted molar refractivity (Wildman–Crippen MR) is 68.3 cm³/mol. The fourth-order valence-corrected chi connectivity index (χ4v) is 2.73. The monoisotopic (exact) mass is 290 g/mol. The molecule has 0 atom stereocenters. The second-order valence-electron chi connectivity index (χ2n) is 5.37. The lowest BCUT2D eigenvalue weighted by Crippen LogP contribution is -2.22. The summed E-state index contributed by atoms with van der Waals surface area (Å²) in [7, 11) is 0. The van der Waals surface area contributed by atoms with Crippen molar-refractivity contribution in [3.63, 3.8) is 0 Å². The number of halogens is 4. The van der Waals surface area contributed by atoms with Crippen LogP contribution in [0.5, 0.6) is 0 Å². The largest absolute Gasteiger partial charge is 0.380 e. The topological polar surface area (TPSA) is 24.9 Å². The molecule has 0 aliphatic heterocycles. The Morgan fingerprint density at radius 3 is 1.95 bits per heavy atom. The van der Waals surface area contributed by atoms with Gasteiger partial charge in [0.1, 0.15) is 5.69 Å². The van der Waals surface area contributed by atoms with Gasteiger partial charge < -0.3 is 5.32 Å². The van der Waals surface area contributed by atoms with Crippen LogP contribution in [-0.2, 0) is 0 Å². The highest BCUT2D eigenvalue weighted by atomic mass is 19.2. The summed E-state index contributed by atoms with van der Waals surface area (Å²) < 4.78 is 52.7. The van der Waals surface area contributed by atoms with Gasteiger partial charge in [-0.3, -0.25) is 0 Å². The van der Waals surface area contributed by atoms with Crippen LogP contribution in [0.25, 0.3) is 0 Å². The van der Waals surface area contributed by atoms with E-state index in [1.807, 2.05) is 0 Å². The normalized spacial score (nSPS) is 22.9. The molecule has 1 N–H and O–H groups in total. The first-order valence-corrected chi connectivity index (χ1v) is 6.96. The number of aromatic nitrogens is 1. The van der Waals surface area contributed by atoms with Crippen molar-refractivity contribution in [2.75, 3.05) is 11.9 Å². The molecule has 0 aromatic carbocycles. The highest BCUT2D eigenvalue weighted by molar-refractivity contribution is 5.45. The van der Waals surface area contributed by atoms with E-state index in [-0.39, 0.29) is 5.92 Å². The van der Waals surface area contributed by atoms with Crippen LogP contribution in [0.2, 0.25) is 0 Å². The number of hydrogen-bond donors (Lipinski definition) is 1. The smallest absolute Gasteiger partial charge is 0.253 e. The third-order valence-corrected chi connectivity index (χ3v) is 4.11. The van der Waals surface area contributed by atoms with Gasteiger partial charge in [0.05, 0.1) is 0 Å². The summed E-state index contributed by atoms with van der Waals surface area (Å²) in [4.78, 5) is 2.53. The lowest BCUT2D eigenvalue weighted by atomic mass is 9.81. The number of anilines is 1. The van der Waals surface area contributed by atoms with Crippen LogP contribution in [-0.4, -0.2) is 11.5 Å². The van der Waals surface area contributed by atoms with Crippen LogP contribution >= 0.6 is 0 Å². The average molecular weight is 290 g/mol. The average Bonchev–Trinajstić information content (AvgIpc) is 2.46. The van der Waals surface area contributed by atoms with Gasteiger partial charge in [0.25, 0.3) is 11.9 Å². The Labute approximate surface area is 115 Å². The lowest BCUT2D eigenvalue weighted by Gasteiger charge is -2.28. The Kier molecular flexibility index (Phi) is 4.83. The van der Waals surface area contributed by atoms with Crippen molar-refractivity contribution in [3.05, 3.63) is 23.5 Å². The molecule has 1 fully saturated rings. The van der Waals surface area contributed by atoms with Crippen molar-refractivity contribution in [2.45, 2.75) is 39.0 Å². The standard InChI is InChI=1S/C14H18F4N2/c1-2-8-3-5-9(6-4-8)7-19-12-10(15)13(17)20-14(18)11(12)16/h8-9H,2-7H2,1H3,(H,19,20). The second kappa shape index (κ2) is 6.41. The number of nitrogens with zero attached hydrogens (tertiary/aromatic N) is 1. The van der Waals surface area contributed by atoms with Crippen LogP contribution in [0, 0.1) is 35.4 Å². The van der Waals surface area contributed by atoms with Gasteiger partial charge in [-0.15, -0.1) is 0 Å². The quantitative estimate of drug-likeness (QED) is 0.662. The van der Waals surface area contributed by atoms with Crippen molar-refractivity contribution in [1.29, 1.82) is 0 Å². The van der Waals surface area contributed by atoms with Crippen LogP contribution in [0.3, 0.4) is 0 Å². The van der Waals surface area contributed by atoms with Gasteiger partial charge in [-0.1, -0.05) is 26.2 Å². The molecule has 1 aromatic heterocycles. The Morgan fingerprint density at radius 1 is 0.950 bits per heavy atom. The van der Waals surface area contributed by atoms with Crippen LogP contribution < -0.4 is 5.32 Å². The molecule has 1 aliphatic rings. The summed E-state index contributed by atoms with van der Waals surface area (Å²) in [6.45, 7) is 2.46. The minimum atomic E-state index is -1.62. The van der Waals surface area contributed by atoms with Crippen molar-refractivity contribution in [1.82, 2.24) is 4.98 Å². The van der Waals surface area contributed by atoms with Gasteiger partial charge in [0, 0.05) is 6.54 Å². The Hall–Kier alpha value is -1.33. The van der Waals surface area contributed by atoms with Crippen molar-refractivity contribution >= 4 is 5.69 Å². The summed E-state index contributed by atoms with van der Waals surface area (Å²) in [5.41, 5.74) is -0.757. The van der Waals surface area contributed by atoms with Gasteiger partial charge in [-0.25, -0.2) is 0 Å². The Morgan fingerprint density at radius 2 is 1.45 bits per heavy atom. The molecular formula is C14H18F4N2. The van der Waals surface area contributed by atoms with E-state index in [0.29, 0.717) is 6.54 Å². The second-order valence-corrected chi connectivity index (χ2v) is 5.37. The van der Waals surface area contributed by atoms with Crippen molar-refractivity contribution in [2.24, 2.45) is 11.8 Å². The number of nitrogens with one attached hydrogen (secondary N) is 1. The van der Waals surface area contributed by atoms with E-state index in [0.717, 1.165) is 38.0 Å². The Balaban J connectivity index is 1.98. The van der Waals surface area contributed by atoms with Gasteiger partial charge >= 0.3 is 0 Å². The minimum absolute atomic E-state index is 0.274. The third kappa shape index (κ3) is 3.22. The maximum atomic E-state index is 13.4. The molecule has 1 heterocycles. The zero-order valence-corrected chi connectivity index (χ0v) is 11.4. The molecule has 6 heteroatoms. The molecule has 0 bridgehead atoms. The SMILES string of the molecule is CCC1CCC(CNc2c(F)c(F)nc(F)c2F)CC1. The summed E-state index contributed by atoms with van der Waals surface area (Å²) in [6, 6.07) is 0. The summed E-state index contributed by atoms with van der Waals surface area (Å²) in [5.74, 6) is -5.19. The van der Waals surface area contributed by atoms with E-state index in [1.54, 1.807) is 0 Å². The molecule has 1 aromatic rings. The zero-order chi connectivity index (χ0) is 14.7. The van der Waals surface area contributed by atoms with Gasteiger partial charge in [0.2, 0.25) is 11.6 Å². The molecule has 112 valence electrons. The summed E-state index contributed by atoms with van der Waals surface area (Å²) >= 11 is 0. The van der Waals surface area contributed by atoms with E-state index >= 15 is 0 Å². The van der Waals surface area contributed by atoms with Crippen molar-refractivity contribution in [3.8, 4) is 0 Å². The van der Waals surface area contributed by atoms with Gasteiger partial charge in [-0.2, -0.15) is 22.5 Å². The van der Waals surface area contributed by atoms with E-state index in [2.05, 4.69) is 17.2 Å². The van der Waals surface area contributed by atoms with Gasteiger partial charge in [-0.05, 0) is 24.7 Å². The van der Waals surface area contributed by atoms with E-state index in [1.165, 1.54) is 0 Å².